The van der Waals surface area contributed by atoms with E-state index in [1.54, 1.807) is 25.4 Å². The molecule has 1 aromatic carbocycles. The van der Waals surface area contributed by atoms with Crippen molar-refractivity contribution in [1.82, 2.24) is 4.98 Å². The van der Waals surface area contributed by atoms with Gasteiger partial charge in [0.1, 0.15) is 11.4 Å². The zero-order valence-electron chi connectivity index (χ0n) is 12.1. The summed E-state index contributed by atoms with van der Waals surface area (Å²) in [5.41, 5.74) is 1.46. The Morgan fingerprint density at radius 2 is 2.14 bits per heavy atom. The van der Waals surface area contributed by atoms with E-state index in [0.717, 1.165) is 11.3 Å². The minimum absolute atomic E-state index is 0.128. The van der Waals surface area contributed by atoms with E-state index in [9.17, 15) is 4.79 Å². The molecule has 2 rings (SSSR count). The van der Waals surface area contributed by atoms with Crippen molar-refractivity contribution in [2.75, 3.05) is 19.0 Å². The molecule has 5 heteroatoms. The molecule has 0 unspecified atom stereocenters. The second-order valence-corrected chi connectivity index (χ2v) is 4.37. The molecule has 0 aliphatic rings. The van der Waals surface area contributed by atoms with Gasteiger partial charge in [-0.25, -0.2) is 4.98 Å². The Hall–Kier alpha value is -2.56. The van der Waals surface area contributed by atoms with Crippen LogP contribution in [0.25, 0.3) is 0 Å². The molecule has 2 aromatic rings. The van der Waals surface area contributed by atoms with Gasteiger partial charge < -0.3 is 14.8 Å². The highest BCUT2D eigenvalue weighted by Gasteiger charge is 2.09. The van der Waals surface area contributed by atoms with Crippen molar-refractivity contribution in [3.8, 4) is 11.6 Å². The van der Waals surface area contributed by atoms with Gasteiger partial charge in [-0.1, -0.05) is 12.1 Å². The van der Waals surface area contributed by atoms with E-state index < -0.39 is 0 Å². The fourth-order valence-corrected chi connectivity index (χ4v) is 1.90. The summed E-state index contributed by atoms with van der Waals surface area (Å²) in [6, 6.07) is 10.9. The number of carbonyl (C=O) groups is 1. The fraction of sp³-hybridized carbons (Fsp3) is 0.250. The largest absolute Gasteiger partial charge is 0.497 e. The van der Waals surface area contributed by atoms with Gasteiger partial charge in [-0.2, -0.15) is 0 Å². The number of nitrogens with zero attached hydrogens (tertiary/aromatic N) is 1. The molecule has 0 bridgehead atoms. The van der Waals surface area contributed by atoms with Crippen molar-refractivity contribution >= 4 is 11.6 Å². The van der Waals surface area contributed by atoms with Gasteiger partial charge in [-0.05, 0) is 36.8 Å². The number of aromatic nitrogens is 1. The maximum atomic E-state index is 12.1. The number of carbonyl (C=O) groups excluding carboxylic acids is 1. The number of hydrogen-bond donors (Lipinski definition) is 1. The lowest BCUT2D eigenvalue weighted by Crippen LogP contribution is -2.15. The molecule has 0 atom stereocenters. The number of methoxy groups -OCH3 is 1. The van der Waals surface area contributed by atoms with Gasteiger partial charge in [0.15, 0.2) is 0 Å². The van der Waals surface area contributed by atoms with E-state index in [2.05, 4.69) is 10.3 Å². The topological polar surface area (TPSA) is 60.5 Å². The summed E-state index contributed by atoms with van der Waals surface area (Å²) in [4.78, 5) is 16.2. The SMILES string of the molecule is CCOc1ncccc1NC(=O)Cc1cccc(OC)c1. The van der Waals surface area contributed by atoms with E-state index in [4.69, 9.17) is 9.47 Å². The van der Waals surface area contributed by atoms with Gasteiger partial charge in [-0.15, -0.1) is 0 Å². The van der Waals surface area contributed by atoms with Crippen LogP contribution in [0.2, 0.25) is 0 Å². The van der Waals surface area contributed by atoms with Crippen LogP contribution in [0.4, 0.5) is 5.69 Å². The summed E-state index contributed by atoms with van der Waals surface area (Å²) in [7, 11) is 1.60. The highest BCUT2D eigenvalue weighted by molar-refractivity contribution is 5.93. The summed E-state index contributed by atoms with van der Waals surface area (Å²) in [5.74, 6) is 1.04. The minimum atomic E-state index is -0.128. The Morgan fingerprint density at radius 1 is 1.29 bits per heavy atom. The quantitative estimate of drug-likeness (QED) is 0.887. The third-order valence-corrected chi connectivity index (χ3v) is 2.83. The normalized spacial score (nSPS) is 10.0. The third-order valence-electron chi connectivity index (χ3n) is 2.83. The summed E-state index contributed by atoms with van der Waals surface area (Å²) in [6.07, 6.45) is 1.89. The monoisotopic (exact) mass is 286 g/mol. The van der Waals surface area contributed by atoms with Gasteiger partial charge in [0.2, 0.25) is 11.8 Å². The zero-order valence-corrected chi connectivity index (χ0v) is 12.1. The predicted molar refractivity (Wildman–Crippen MR) is 80.7 cm³/mol. The first-order valence-electron chi connectivity index (χ1n) is 6.73. The molecule has 0 saturated carbocycles. The van der Waals surface area contributed by atoms with Gasteiger partial charge in [0, 0.05) is 6.20 Å². The fourth-order valence-electron chi connectivity index (χ4n) is 1.90. The molecule has 0 aliphatic carbocycles. The summed E-state index contributed by atoms with van der Waals surface area (Å²) in [6.45, 7) is 2.37. The van der Waals surface area contributed by atoms with Gasteiger partial charge in [-0.3, -0.25) is 4.79 Å². The third kappa shape index (κ3) is 4.21. The Labute approximate surface area is 123 Å². The lowest BCUT2D eigenvalue weighted by atomic mass is 10.1. The first kappa shape index (κ1) is 14.8. The zero-order chi connectivity index (χ0) is 15.1. The lowest BCUT2D eigenvalue weighted by Gasteiger charge is -2.10. The summed E-state index contributed by atoms with van der Waals surface area (Å²) < 4.78 is 10.5. The molecule has 1 aromatic heterocycles. The van der Waals surface area contributed by atoms with Crippen LogP contribution < -0.4 is 14.8 Å². The Balaban J connectivity index is 2.04. The van der Waals surface area contributed by atoms with Crippen molar-refractivity contribution in [2.45, 2.75) is 13.3 Å². The first-order valence-corrected chi connectivity index (χ1v) is 6.73. The predicted octanol–water partition coefficient (Wildman–Crippen LogP) is 2.67. The second-order valence-electron chi connectivity index (χ2n) is 4.37. The number of benzene rings is 1. The Kier molecular flexibility index (Phi) is 5.15. The average Bonchev–Trinajstić information content (AvgIpc) is 2.49. The van der Waals surface area contributed by atoms with Crippen molar-refractivity contribution < 1.29 is 14.3 Å². The second kappa shape index (κ2) is 7.28. The molecule has 0 spiro atoms. The van der Waals surface area contributed by atoms with Gasteiger partial charge in [0.05, 0.1) is 20.1 Å². The number of rotatable bonds is 6. The smallest absolute Gasteiger partial charge is 0.237 e. The maximum Gasteiger partial charge on any atom is 0.237 e. The first-order chi connectivity index (χ1) is 10.2. The molecule has 1 amide bonds. The van der Waals surface area contributed by atoms with Crippen LogP contribution >= 0.6 is 0 Å². The molecule has 5 nitrogen and oxygen atoms in total. The molecule has 1 heterocycles. The number of hydrogen-bond acceptors (Lipinski definition) is 4. The van der Waals surface area contributed by atoms with Crippen LogP contribution in [0.3, 0.4) is 0 Å². The Bertz CT molecular complexity index is 614. The highest BCUT2D eigenvalue weighted by atomic mass is 16.5. The summed E-state index contributed by atoms with van der Waals surface area (Å²) in [5, 5.41) is 2.81. The minimum Gasteiger partial charge on any atom is -0.497 e. The van der Waals surface area contributed by atoms with Crippen molar-refractivity contribution in [3.05, 3.63) is 48.2 Å². The molecule has 0 saturated heterocycles. The lowest BCUT2D eigenvalue weighted by molar-refractivity contribution is -0.115. The van der Waals surface area contributed by atoms with E-state index in [0.29, 0.717) is 18.2 Å². The number of nitrogens with one attached hydrogen (secondary N) is 1. The van der Waals surface area contributed by atoms with E-state index in [1.165, 1.54) is 0 Å². The highest BCUT2D eigenvalue weighted by Crippen LogP contribution is 2.21. The van der Waals surface area contributed by atoms with Crippen LogP contribution in [-0.4, -0.2) is 24.6 Å². The number of amides is 1. The molecule has 110 valence electrons. The van der Waals surface area contributed by atoms with Gasteiger partial charge in [0.25, 0.3) is 0 Å². The van der Waals surface area contributed by atoms with Crippen LogP contribution in [0.1, 0.15) is 12.5 Å². The van der Waals surface area contributed by atoms with Crippen LogP contribution in [-0.2, 0) is 11.2 Å². The van der Waals surface area contributed by atoms with E-state index in [-0.39, 0.29) is 12.3 Å². The number of ether oxygens (including phenoxy) is 2. The molecule has 21 heavy (non-hydrogen) atoms. The molecule has 0 fully saturated rings. The van der Waals surface area contributed by atoms with Gasteiger partial charge >= 0.3 is 0 Å². The molecular formula is C16H18N2O3. The van der Waals surface area contributed by atoms with Crippen molar-refractivity contribution in [1.29, 1.82) is 0 Å². The number of pyridine rings is 1. The summed E-state index contributed by atoms with van der Waals surface area (Å²) >= 11 is 0. The molecule has 1 N–H and O–H groups in total. The average molecular weight is 286 g/mol. The van der Waals surface area contributed by atoms with Crippen LogP contribution in [0.15, 0.2) is 42.6 Å². The molecular weight excluding hydrogens is 268 g/mol. The van der Waals surface area contributed by atoms with Crippen LogP contribution in [0, 0.1) is 0 Å². The van der Waals surface area contributed by atoms with Crippen molar-refractivity contribution in [2.24, 2.45) is 0 Å². The molecule has 0 radical (unpaired) electrons. The van der Waals surface area contributed by atoms with Crippen LogP contribution in [0.5, 0.6) is 11.6 Å². The number of anilines is 1. The Morgan fingerprint density at radius 3 is 2.90 bits per heavy atom. The van der Waals surface area contributed by atoms with Crippen molar-refractivity contribution in [3.63, 3.8) is 0 Å². The standard InChI is InChI=1S/C16H18N2O3/c1-3-21-16-14(8-5-9-17-16)18-15(19)11-12-6-4-7-13(10-12)20-2/h4-10H,3,11H2,1-2H3,(H,18,19). The maximum absolute atomic E-state index is 12.1. The van der Waals surface area contributed by atoms with E-state index >= 15 is 0 Å². The van der Waals surface area contributed by atoms with E-state index in [1.807, 2.05) is 31.2 Å². The molecule has 0 aliphatic heterocycles.